The van der Waals surface area contributed by atoms with E-state index in [9.17, 15) is 0 Å². The average Bonchev–Trinajstić information content (AvgIpc) is 3.15. The average molecular weight is 405 g/mol. The highest BCUT2D eigenvalue weighted by atomic mass is 35.5. The Balaban J connectivity index is 0.00000210. The number of benzene rings is 1. The molecule has 146 valence electrons. The second-order valence-electron chi connectivity index (χ2n) is 7.28. The lowest BCUT2D eigenvalue weighted by molar-refractivity contribution is 0.578. The number of piperidine rings is 1. The fraction of sp³-hybridized carbons (Fsp3) is 0.476. The minimum atomic E-state index is 0. The highest BCUT2D eigenvalue weighted by molar-refractivity contribution is 7.17. The number of aryl methyl sites for hydroxylation is 2. The molecule has 0 unspecified atom stereocenters. The van der Waals surface area contributed by atoms with E-state index in [1.54, 1.807) is 11.3 Å². The Labute approximate surface area is 172 Å². The Morgan fingerprint density at radius 2 is 1.81 bits per heavy atom. The zero-order valence-corrected chi connectivity index (χ0v) is 17.8. The number of rotatable bonds is 6. The number of anilines is 1. The van der Waals surface area contributed by atoms with Gasteiger partial charge in [0.05, 0.1) is 11.4 Å². The van der Waals surface area contributed by atoms with Crippen molar-refractivity contribution in [2.45, 2.75) is 46.1 Å². The fourth-order valence-electron chi connectivity index (χ4n) is 3.79. The van der Waals surface area contributed by atoms with Gasteiger partial charge in [-0.15, -0.1) is 23.7 Å². The molecule has 1 aliphatic heterocycles. The Bertz CT molecular complexity index is 862. The molecule has 2 aromatic heterocycles. The highest BCUT2D eigenvalue weighted by Crippen LogP contribution is 2.21. The molecule has 3 heterocycles. The number of hydrogen-bond donors (Lipinski definition) is 1. The first-order valence-electron chi connectivity index (χ1n) is 9.69. The van der Waals surface area contributed by atoms with Crippen molar-refractivity contribution in [1.29, 1.82) is 0 Å². The van der Waals surface area contributed by atoms with Crippen LogP contribution in [0.5, 0.6) is 0 Å². The molecule has 1 saturated heterocycles. The zero-order valence-electron chi connectivity index (χ0n) is 16.2. The van der Waals surface area contributed by atoms with Gasteiger partial charge in [0.1, 0.15) is 0 Å². The molecule has 4 nitrogen and oxygen atoms in total. The summed E-state index contributed by atoms with van der Waals surface area (Å²) in [7, 11) is 0. The molecule has 0 saturated carbocycles. The van der Waals surface area contributed by atoms with Crippen LogP contribution in [0.4, 0.5) is 5.69 Å². The minimum Gasteiger partial charge on any atom is -0.372 e. The van der Waals surface area contributed by atoms with Crippen molar-refractivity contribution in [2.75, 3.05) is 24.5 Å². The molecule has 27 heavy (non-hydrogen) atoms. The van der Waals surface area contributed by atoms with Crippen LogP contribution in [-0.2, 0) is 13.0 Å². The number of aromatic nitrogens is 2. The number of nitrogens with zero attached hydrogens (tertiary/aromatic N) is 3. The number of imidazole rings is 1. The van der Waals surface area contributed by atoms with E-state index < -0.39 is 0 Å². The van der Waals surface area contributed by atoms with Crippen LogP contribution in [0.3, 0.4) is 0 Å². The van der Waals surface area contributed by atoms with Crippen molar-refractivity contribution in [1.82, 2.24) is 14.7 Å². The molecule has 0 spiro atoms. The maximum atomic E-state index is 4.66. The molecule has 0 aliphatic carbocycles. The van der Waals surface area contributed by atoms with Gasteiger partial charge in [-0.25, -0.2) is 4.98 Å². The molecule has 1 fully saturated rings. The van der Waals surface area contributed by atoms with Crippen LogP contribution >= 0.6 is 23.7 Å². The van der Waals surface area contributed by atoms with E-state index >= 15 is 0 Å². The van der Waals surface area contributed by atoms with Crippen LogP contribution in [0.1, 0.15) is 41.1 Å². The lowest BCUT2D eigenvalue weighted by Crippen LogP contribution is -2.29. The summed E-state index contributed by atoms with van der Waals surface area (Å²) in [6.45, 7) is 8.52. The van der Waals surface area contributed by atoms with Crippen molar-refractivity contribution < 1.29 is 0 Å². The number of thiazole rings is 1. The Morgan fingerprint density at radius 3 is 2.56 bits per heavy atom. The second-order valence-corrected chi connectivity index (χ2v) is 8.49. The van der Waals surface area contributed by atoms with Gasteiger partial charge in [-0.05, 0) is 63.8 Å². The molecule has 0 amide bonds. The predicted octanol–water partition coefficient (Wildman–Crippen LogP) is 4.76. The van der Waals surface area contributed by atoms with Crippen molar-refractivity contribution in [3.05, 3.63) is 52.3 Å². The van der Waals surface area contributed by atoms with Crippen LogP contribution in [0.2, 0.25) is 0 Å². The smallest absolute Gasteiger partial charge is 0.194 e. The summed E-state index contributed by atoms with van der Waals surface area (Å²) in [5, 5.41) is 3.59. The molecule has 4 rings (SSSR count). The van der Waals surface area contributed by atoms with Gasteiger partial charge in [-0.1, -0.05) is 12.1 Å². The number of hydrogen-bond acceptors (Lipinski definition) is 4. The number of fused-ring (bicyclic) bond motifs is 1. The molecule has 0 atom stereocenters. The summed E-state index contributed by atoms with van der Waals surface area (Å²) in [5.74, 6) is 0. The van der Waals surface area contributed by atoms with Crippen molar-refractivity contribution >= 4 is 34.4 Å². The molecular weight excluding hydrogens is 376 g/mol. The van der Waals surface area contributed by atoms with Crippen molar-refractivity contribution in [2.24, 2.45) is 0 Å². The van der Waals surface area contributed by atoms with Crippen molar-refractivity contribution in [3.8, 4) is 0 Å². The monoisotopic (exact) mass is 404 g/mol. The number of halogens is 1. The predicted molar refractivity (Wildman–Crippen MR) is 118 cm³/mol. The van der Waals surface area contributed by atoms with Gasteiger partial charge in [0.25, 0.3) is 0 Å². The van der Waals surface area contributed by atoms with E-state index in [-0.39, 0.29) is 12.4 Å². The lowest BCUT2D eigenvalue weighted by Gasteiger charge is -2.28. The van der Waals surface area contributed by atoms with E-state index in [1.165, 1.54) is 54.2 Å². The van der Waals surface area contributed by atoms with Crippen LogP contribution in [0.25, 0.3) is 4.96 Å². The van der Waals surface area contributed by atoms with E-state index in [0.29, 0.717) is 0 Å². The lowest BCUT2D eigenvalue weighted by atomic mass is 10.1. The van der Waals surface area contributed by atoms with E-state index in [0.717, 1.165) is 30.2 Å². The minimum absolute atomic E-state index is 0. The second kappa shape index (κ2) is 9.09. The van der Waals surface area contributed by atoms with Gasteiger partial charge in [-0.3, -0.25) is 4.40 Å². The summed E-state index contributed by atoms with van der Waals surface area (Å²) < 4.78 is 2.23. The van der Waals surface area contributed by atoms with Crippen molar-refractivity contribution in [3.63, 3.8) is 0 Å². The van der Waals surface area contributed by atoms with Gasteiger partial charge in [0.15, 0.2) is 4.96 Å². The third-order valence-corrected chi connectivity index (χ3v) is 6.18. The summed E-state index contributed by atoms with van der Waals surface area (Å²) >= 11 is 1.76. The first-order chi connectivity index (χ1) is 12.7. The standard InChI is InChI=1S/C21H28N4S.ClH/c1-16-15-25-20(17(2)23-21(25)26-16)14-22-11-10-18-6-8-19(9-7-18)24-12-4-3-5-13-24;/h6-9,15,22H,3-5,10-14H2,1-2H3;1H. The maximum absolute atomic E-state index is 4.66. The fourth-order valence-corrected chi connectivity index (χ4v) is 4.68. The SMILES string of the molecule is Cc1cn2c(CNCCc3ccc(N4CCCCC4)cc3)c(C)nc2s1.Cl. The summed E-state index contributed by atoms with van der Waals surface area (Å²) in [4.78, 5) is 9.59. The molecular formula is C21H29ClN4S. The number of nitrogens with one attached hydrogen (secondary N) is 1. The Hall–Kier alpha value is -1.56. The molecule has 0 bridgehead atoms. The molecule has 1 aromatic carbocycles. The van der Waals surface area contributed by atoms with Crippen LogP contribution in [0.15, 0.2) is 30.5 Å². The van der Waals surface area contributed by atoms with Gasteiger partial charge in [0.2, 0.25) is 0 Å². The van der Waals surface area contributed by atoms with Crippen LogP contribution in [-0.4, -0.2) is 29.0 Å². The van der Waals surface area contributed by atoms with Gasteiger partial charge < -0.3 is 10.2 Å². The third-order valence-electron chi connectivity index (χ3n) is 5.28. The van der Waals surface area contributed by atoms with Gasteiger partial charge in [-0.2, -0.15) is 0 Å². The Morgan fingerprint density at radius 1 is 1.07 bits per heavy atom. The van der Waals surface area contributed by atoms with E-state index in [1.807, 2.05) is 0 Å². The Kier molecular flexibility index (Phi) is 6.79. The van der Waals surface area contributed by atoms with Gasteiger partial charge >= 0.3 is 0 Å². The maximum Gasteiger partial charge on any atom is 0.194 e. The highest BCUT2D eigenvalue weighted by Gasteiger charge is 2.11. The zero-order chi connectivity index (χ0) is 17.9. The molecule has 1 aliphatic rings. The quantitative estimate of drug-likeness (QED) is 0.601. The van der Waals surface area contributed by atoms with Gasteiger partial charge in [0, 0.05) is 36.4 Å². The first kappa shape index (κ1) is 20.2. The van der Waals surface area contributed by atoms with Crippen LogP contribution < -0.4 is 10.2 Å². The molecule has 3 aromatic rings. The van der Waals surface area contributed by atoms with E-state index in [2.05, 4.69) is 63.9 Å². The molecule has 0 radical (unpaired) electrons. The first-order valence-corrected chi connectivity index (χ1v) is 10.5. The van der Waals surface area contributed by atoms with Crippen LogP contribution in [0, 0.1) is 13.8 Å². The normalized spacial score (nSPS) is 14.5. The topological polar surface area (TPSA) is 32.6 Å². The summed E-state index contributed by atoms with van der Waals surface area (Å²) in [6.07, 6.45) is 7.29. The largest absolute Gasteiger partial charge is 0.372 e. The van der Waals surface area contributed by atoms with E-state index in [4.69, 9.17) is 0 Å². The summed E-state index contributed by atoms with van der Waals surface area (Å²) in [5.41, 5.74) is 5.20. The molecule has 1 N–H and O–H groups in total. The summed E-state index contributed by atoms with van der Waals surface area (Å²) in [6, 6.07) is 9.16. The molecule has 6 heteroatoms. The third kappa shape index (κ3) is 4.65.